The smallest absolute Gasteiger partial charge is 0.255 e. The number of fused-ring (bicyclic) bond motifs is 1. The Morgan fingerprint density at radius 2 is 2.00 bits per heavy atom. The number of benzene rings is 2. The third-order valence-corrected chi connectivity index (χ3v) is 6.25. The number of nitrogens with zero attached hydrogens (tertiary/aromatic N) is 2. The van der Waals surface area contributed by atoms with Crippen LogP contribution in [0.15, 0.2) is 65.8 Å². The molecule has 4 rings (SSSR count). The first-order valence-electron chi connectivity index (χ1n) is 10.5. The van der Waals surface area contributed by atoms with Gasteiger partial charge in [-0.25, -0.2) is 4.98 Å². The van der Waals surface area contributed by atoms with Gasteiger partial charge in [0, 0.05) is 24.3 Å². The van der Waals surface area contributed by atoms with Gasteiger partial charge in [0.15, 0.2) is 5.16 Å². The highest BCUT2D eigenvalue weighted by Gasteiger charge is 2.18. The van der Waals surface area contributed by atoms with E-state index in [0.29, 0.717) is 23.5 Å². The van der Waals surface area contributed by atoms with Crippen LogP contribution in [0.25, 0.3) is 0 Å². The van der Waals surface area contributed by atoms with Crippen LogP contribution >= 0.6 is 11.8 Å². The molecule has 1 aliphatic heterocycles. The molecule has 0 saturated carbocycles. The summed E-state index contributed by atoms with van der Waals surface area (Å²) in [5.74, 6) is 1.95. The van der Waals surface area contributed by atoms with Crippen molar-refractivity contribution in [2.45, 2.75) is 31.5 Å². The summed E-state index contributed by atoms with van der Waals surface area (Å²) >= 11 is 1.79. The number of nitrogens with two attached hydrogens (primary N) is 1. The average Bonchev–Trinajstić information content (AvgIpc) is 2.94. The molecule has 31 heavy (non-hydrogen) atoms. The van der Waals surface area contributed by atoms with E-state index in [1.807, 2.05) is 36.4 Å². The molecule has 7 heteroatoms. The number of thioether (sulfide) groups is 1. The highest BCUT2D eigenvalue weighted by Crippen LogP contribution is 2.29. The van der Waals surface area contributed by atoms with Crippen LogP contribution in [0.2, 0.25) is 0 Å². The lowest BCUT2D eigenvalue weighted by Crippen LogP contribution is -2.13. The molecule has 4 N–H and O–H groups in total. The van der Waals surface area contributed by atoms with E-state index in [2.05, 4.69) is 34.3 Å². The SMILES string of the molecule is CCCSc1nc2c(n1Cc1ccc(C(=O)Nc3ccccc3N)cc1)NCC=CC2. The molecule has 0 radical (unpaired) electrons. The van der Waals surface area contributed by atoms with Gasteiger partial charge < -0.3 is 20.9 Å². The molecule has 2 heterocycles. The Kier molecular flexibility index (Phi) is 6.62. The zero-order chi connectivity index (χ0) is 21.6. The second-order valence-corrected chi connectivity index (χ2v) is 8.48. The summed E-state index contributed by atoms with van der Waals surface area (Å²) in [6.07, 6.45) is 6.25. The molecule has 1 aliphatic rings. The third-order valence-electron chi connectivity index (χ3n) is 5.07. The van der Waals surface area contributed by atoms with Crippen molar-refractivity contribution < 1.29 is 4.79 Å². The largest absolute Gasteiger partial charge is 0.397 e. The second kappa shape index (κ2) is 9.75. The van der Waals surface area contributed by atoms with Crippen LogP contribution in [0, 0.1) is 0 Å². The van der Waals surface area contributed by atoms with Gasteiger partial charge in [0.25, 0.3) is 5.91 Å². The Balaban J connectivity index is 1.52. The van der Waals surface area contributed by atoms with Crippen LogP contribution in [0.5, 0.6) is 0 Å². The monoisotopic (exact) mass is 433 g/mol. The lowest BCUT2D eigenvalue weighted by Gasteiger charge is -2.13. The van der Waals surface area contributed by atoms with Gasteiger partial charge in [-0.15, -0.1) is 0 Å². The molecule has 0 unspecified atom stereocenters. The van der Waals surface area contributed by atoms with E-state index < -0.39 is 0 Å². The molecule has 3 aromatic rings. The minimum absolute atomic E-state index is 0.173. The number of amides is 1. The van der Waals surface area contributed by atoms with Gasteiger partial charge >= 0.3 is 0 Å². The fourth-order valence-corrected chi connectivity index (χ4v) is 4.33. The second-order valence-electron chi connectivity index (χ2n) is 7.42. The number of anilines is 3. The fraction of sp³-hybridized carbons (Fsp3) is 0.250. The first-order chi connectivity index (χ1) is 15.2. The van der Waals surface area contributed by atoms with Crippen molar-refractivity contribution in [3.63, 3.8) is 0 Å². The summed E-state index contributed by atoms with van der Waals surface area (Å²) in [5.41, 5.74) is 9.90. The maximum absolute atomic E-state index is 12.6. The molecule has 0 spiro atoms. The Morgan fingerprint density at radius 3 is 2.77 bits per heavy atom. The van der Waals surface area contributed by atoms with Crippen molar-refractivity contribution in [3.05, 3.63) is 77.5 Å². The number of para-hydroxylation sites is 2. The normalized spacial score (nSPS) is 12.7. The van der Waals surface area contributed by atoms with E-state index in [-0.39, 0.29) is 5.91 Å². The van der Waals surface area contributed by atoms with Crippen LogP contribution < -0.4 is 16.4 Å². The number of allylic oxidation sites excluding steroid dienone is 1. The summed E-state index contributed by atoms with van der Waals surface area (Å²) in [5, 5.41) is 7.41. The first kappa shape index (κ1) is 21.1. The average molecular weight is 434 g/mol. The lowest BCUT2D eigenvalue weighted by atomic mass is 10.1. The highest BCUT2D eigenvalue weighted by molar-refractivity contribution is 7.99. The zero-order valence-corrected chi connectivity index (χ0v) is 18.4. The minimum atomic E-state index is -0.173. The Hall–Kier alpha value is -3.19. The lowest BCUT2D eigenvalue weighted by molar-refractivity contribution is 0.102. The molecule has 0 fully saturated rings. The van der Waals surface area contributed by atoms with Crippen molar-refractivity contribution >= 4 is 34.9 Å². The first-order valence-corrected chi connectivity index (χ1v) is 11.5. The van der Waals surface area contributed by atoms with Crippen LogP contribution in [0.4, 0.5) is 17.2 Å². The molecule has 0 bridgehead atoms. The van der Waals surface area contributed by atoms with E-state index in [1.54, 1.807) is 23.9 Å². The number of hydrogen-bond donors (Lipinski definition) is 3. The maximum atomic E-state index is 12.6. The zero-order valence-electron chi connectivity index (χ0n) is 17.6. The van der Waals surface area contributed by atoms with Crippen molar-refractivity contribution in [2.75, 3.05) is 28.7 Å². The number of nitrogens with one attached hydrogen (secondary N) is 2. The standard InChI is InChI=1S/C24H27N5OS/c1-2-15-31-24-28-21-9-5-6-14-26-22(21)29(24)16-17-10-12-18(13-11-17)23(30)27-20-8-4-3-7-19(20)25/h3-8,10-13,26H,2,9,14-16,25H2,1H3,(H,27,30). The molecular formula is C24H27N5OS. The van der Waals surface area contributed by atoms with Gasteiger partial charge in [-0.3, -0.25) is 4.79 Å². The molecule has 0 aliphatic carbocycles. The molecule has 160 valence electrons. The fourth-order valence-electron chi connectivity index (χ4n) is 3.45. The number of hydrogen-bond acceptors (Lipinski definition) is 5. The van der Waals surface area contributed by atoms with Gasteiger partial charge in [-0.05, 0) is 36.2 Å². The van der Waals surface area contributed by atoms with Gasteiger partial charge in [-0.2, -0.15) is 0 Å². The predicted molar refractivity (Wildman–Crippen MR) is 129 cm³/mol. The molecular weight excluding hydrogens is 406 g/mol. The Morgan fingerprint density at radius 1 is 1.19 bits per heavy atom. The molecule has 1 amide bonds. The van der Waals surface area contributed by atoms with Crippen molar-refractivity contribution in [1.29, 1.82) is 0 Å². The highest BCUT2D eigenvalue weighted by atomic mass is 32.2. The van der Waals surface area contributed by atoms with Crippen LogP contribution in [0.1, 0.15) is 35.0 Å². The van der Waals surface area contributed by atoms with E-state index in [4.69, 9.17) is 10.7 Å². The Labute approximate surface area is 186 Å². The predicted octanol–water partition coefficient (Wildman–Crippen LogP) is 4.79. The van der Waals surface area contributed by atoms with Crippen molar-refractivity contribution in [2.24, 2.45) is 0 Å². The van der Waals surface area contributed by atoms with Gasteiger partial charge in [0.05, 0.1) is 23.6 Å². The Bertz CT molecular complexity index is 1090. The van der Waals surface area contributed by atoms with Crippen LogP contribution in [-0.4, -0.2) is 27.8 Å². The molecule has 0 atom stereocenters. The third kappa shape index (κ3) is 4.94. The van der Waals surface area contributed by atoms with Gasteiger partial charge in [0.2, 0.25) is 0 Å². The number of aromatic nitrogens is 2. The number of carbonyl (C=O) groups is 1. The quantitative estimate of drug-likeness (QED) is 0.283. The molecule has 1 aromatic heterocycles. The topological polar surface area (TPSA) is 85.0 Å². The molecule has 2 aromatic carbocycles. The van der Waals surface area contributed by atoms with E-state index in [9.17, 15) is 4.79 Å². The number of carbonyl (C=O) groups excluding carboxylic acids is 1. The van der Waals surface area contributed by atoms with Crippen molar-refractivity contribution in [3.8, 4) is 0 Å². The van der Waals surface area contributed by atoms with E-state index >= 15 is 0 Å². The van der Waals surface area contributed by atoms with E-state index in [0.717, 1.165) is 47.4 Å². The summed E-state index contributed by atoms with van der Waals surface area (Å²) in [7, 11) is 0. The molecule has 6 nitrogen and oxygen atoms in total. The summed E-state index contributed by atoms with van der Waals surface area (Å²) < 4.78 is 2.25. The van der Waals surface area contributed by atoms with Gasteiger partial charge in [-0.1, -0.05) is 55.1 Å². The number of nitrogen functional groups attached to an aromatic ring is 1. The molecule has 0 saturated heterocycles. The number of rotatable bonds is 7. The minimum Gasteiger partial charge on any atom is -0.397 e. The summed E-state index contributed by atoms with van der Waals surface area (Å²) in [6, 6.07) is 15.0. The van der Waals surface area contributed by atoms with E-state index in [1.165, 1.54) is 0 Å². The summed E-state index contributed by atoms with van der Waals surface area (Å²) in [4.78, 5) is 17.5. The number of imidazole rings is 1. The maximum Gasteiger partial charge on any atom is 0.255 e. The van der Waals surface area contributed by atoms with Gasteiger partial charge in [0.1, 0.15) is 5.82 Å². The summed E-state index contributed by atoms with van der Waals surface area (Å²) in [6.45, 7) is 3.69. The van der Waals surface area contributed by atoms with Crippen LogP contribution in [0.3, 0.4) is 0 Å². The van der Waals surface area contributed by atoms with Crippen LogP contribution in [-0.2, 0) is 13.0 Å². The van der Waals surface area contributed by atoms with Crippen molar-refractivity contribution in [1.82, 2.24) is 9.55 Å².